The molecule has 0 N–H and O–H groups in total. The molecule has 0 bridgehead atoms. The van der Waals surface area contributed by atoms with Gasteiger partial charge in [0.2, 0.25) is 0 Å². The lowest BCUT2D eigenvalue weighted by atomic mass is 9.88. The van der Waals surface area contributed by atoms with E-state index in [1.54, 1.807) is 6.07 Å². The Kier molecular flexibility index (Phi) is 3.06. The molecule has 1 saturated carbocycles. The quantitative estimate of drug-likeness (QED) is 0.758. The molecule has 0 aromatic heterocycles. The Morgan fingerprint density at radius 3 is 2.94 bits per heavy atom. The number of ether oxygens (including phenoxy) is 1. The van der Waals surface area contributed by atoms with Gasteiger partial charge in [0.1, 0.15) is 5.75 Å². The lowest BCUT2D eigenvalue weighted by Gasteiger charge is -2.16. The number of hydrogen-bond donors (Lipinski definition) is 0. The molecule has 2 aliphatic rings. The summed E-state index contributed by atoms with van der Waals surface area (Å²) in [5.74, 6) is 1.63. The van der Waals surface area contributed by atoms with Gasteiger partial charge in [-0.05, 0) is 36.5 Å². The Balaban J connectivity index is 1.99. The van der Waals surface area contributed by atoms with Crippen LogP contribution in [0.5, 0.6) is 5.75 Å². The Morgan fingerprint density at radius 1 is 1.39 bits per heavy atom. The largest absolute Gasteiger partial charge is 0.492 e. The Hall–Kier alpha value is -1.02. The van der Waals surface area contributed by atoms with E-state index >= 15 is 0 Å². The molecule has 1 fully saturated rings. The number of halogens is 1. The van der Waals surface area contributed by atoms with Crippen LogP contribution in [-0.2, 0) is 6.42 Å². The van der Waals surface area contributed by atoms with Crippen molar-refractivity contribution in [1.82, 2.24) is 0 Å². The standard InChI is InChI=1S/C15H17ClO2/c1-9-3-2-4-12(9)14(17)13-8-11(16)7-10-5-6-18-15(10)13/h7-9,12H,2-6H2,1H3. The van der Waals surface area contributed by atoms with Gasteiger partial charge in [-0.15, -0.1) is 0 Å². The summed E-state index contributed by atoms with van der Waals surface area (Å²) in [6, 6.07) is 3.69. The molecular formula is C15H17ClO2. The summed E-state index contributed by atoms with van der Waals surface area (Å²) in [4.78, 5) is 12.6. The molecule has 1 heterocycles. The van der Waals surface area contributed by atoms with Crippen LogP contribution in [0.25, 0.3) is 0 Å². The lowest BCUT2D eigenvalue weighted by Crippen LogP contribution is -2.18. The van der Waals surface area contributed by atoms with Crippen LogP contribution in [0.3, 0.4) is 0 Å². The fourth-order valence-corrected chi connectivity index (χ4v) is 3.43. The van der Waals surface area contributed by atoms with E-state index < -0.39 is 0 Å². The highest BCUT2D eigenvalue weighted by atomic mass is 35.5. The van der Waals surface area contributed by atoms with E-state index in [4.69, 9.17) is 16.3 Å². The summed E-state index contributed by atoms with van der Waals surface area (Å²) in [7, 11) is 0. The molecular weight excluding hydrogens is 248 g/mol. The van der Waals surface area contributed by atoms with Crippen LogP contribution in [0.4, 0.5) is 0 Å². The molecule has 2 nitrogen and oxygen atoms in total. The van der Waals surface area contributed by atoms with Gasteiger partial charge >= 0.3 is 0 Å². The lowest BCUT2D eigenvalue weighted by molar-refractivity contribution is 0.0894. The third-order valence-electron chi connectivity index (χ3n) is 4.21. The summed E-state index contributed by atoms with van der Waals surface area (Å²) < 4.78 is 5.62. The SMILES string of the molecule is CC1CCCC1C(=O)c1cc(Cl)cc2c1OCC2. The second kappa shape index (κ2) is 4.58. The van der Waals surface area contributed by atoms with E-state index in [9.17, 15) is 4.79 Å². The monoisotopic (exact) mass is 264 g/mol. The zero-order valence-electron chi connectivity index (χ0n) is 10.5. The predicted molar refractivity (Wildman–Crippen MR) is 71.5 cm³/mol. The number of ketones is 1. The highest BCUT2D eigenvalue weighted by Crippen LogP contribution is 2.39. The highest BCUT2D eigenvalue weighted by Gasteiger charge is 2.33. The molecule has 0 saturated heterocycles. The molecule has 3 rings (SSSR count). The minimum atomic E-state index is 0.150. The first-order valence-corrected chi connectivity index (χ1v) is 7.04. The Morgan fingerprint density at radius 2 is 2.22 bits per heavy atom. The average Bonchev–Trinajstić information content (AvgIpc) is 2.95. The number of benzene rings is 1. The third kappa shape index (κ3) is 1.93. The molecule has 1 aromatic rings. The maximum atomic E-state index is 12.6. The Labute approximate surface area is 112 Å². The second-order valence-corrected chi connectivity index (χ2v) is 5.86. The van der Waals surface area contributed by atoms with Gasteiger partial charge in [-0.25, -0.2) is 0 Å². The van der Waals surface area contributed by atoms with E-state index in [1.165, 1.54) is 0 Å². The number of Topliss-reactive ketones (excluding diaryl/α,β-unsaturated/α-hetero) is 1. The zero-order chi connectivity index (χ0) is 12.7. The molecule has 2 atom stereocenters. The van der Waals surface area contributed by atoms with E-state index in [-0.39, 0.29) is 11.7 Å². The van der Waals surface area contributed by atoms with Crippen LogP contribution < -0.4 is 4.74 Å². The van der Waals surface area contributed by atoms with Gasteiger partial charge in [-0.1, -0.05) is 24.9 Å². The molecule has 3 heteroatoms. The number of carbonyl (C=O) groups excluding carboxylic acids is 1. The van der Waals surface area contributed by atoms with Crippen LogP contribution in [0.1, 0.15) is 42.1 Å². The van der Waals surface area contributed by atoms with Crippen molar-refractivity contribution in [3.63, 3.8) is 0 Å². The van der Waals surface area contributed by atoms with Crippen LogP contribution in [-0.4, -0.2) is 12.4 Å². The van der Waals surface area contributed by atoms with Gasteiger partial charge in [-0.2, -0.15) is 0 Å². The molecule has 0 spiro atoms. The molecule has 2 unspecified atom stereocenters. The summed E-state index contributed by atoms with van der Waals surface area (Å²) in [6.07, 6.45) is 4.17. The fraction of sp³-hybridized carbons (Fsp3) is 0.533. The maximum Gasteiger partial charge on any atom is 0.169 e. The van der Waals surface area contributed by atoms with Crippen molar-refractivity contribution >= 4 is 17.4 Å². The zero-order valence-corrected chi connectivity index (χ0v) is 11.3. The van der Waals surface area contributed by atoms with Gasteiger partial charge < -0.3 is 4.74 Å². The maximum absolute atomic E-state index is 12.6. The van der Waals surface area contributed by atoms with Crippen molar-refractivity contribution in [2.45, 2.75) is 32.6 Å². The Bertz CT molecular complexity index is 496. The van der Waals surface area contributed by atoms with Gasteiger partial charge in [0.25, 0.3) is 0 Å². The minimum absolute atomic E-state index is 0.150. The minimum Gasteiger partial charge on any atom is -0.492 e. The average molecular weight is 265 g/mol. The van der Waals surface area contributed by atoms with Crippen LogP contribution in [0.15, 0.2) is 12.1 Å². The topological polar surface area (TPSA) is 26.3 Å². The van der Waals surface area contributed by atoms with Gasteiger partial charge in [0.15, 0.2) is 5.78 Å². The second-order valence-electron chi connectivity index (χ2n) is 5.42. The first-order valence-electron chi connectivity index (χ1n) is 6.66. The van der Waals surface area contributed by atoms with Crippen LogP contribution >= 0.6 is 11.6 Å². The van der Waals surface area contributed by atoms with Crippen LogP contribution in [0.2, 0.25) is 5.02 Å². The molecule has 96 valence electrons. The van der Waals surface area contributed by atoms with Crippen LogP contribution in [0, 0.1) is 11.8 Å². The summed E-state index contributed by atoms with van der Waals surface area (Å²) in [5.41, 5.74) is 1.78. The molecule has 0 radical (unpaired) electrons. The number of fused-ring (bicyclic) bond motifs is 1. The normalized spacial score (nSPS) is 25.9. The van der Waals surface area contributed by atoms with Gasteiger partial charge in [-0.3, -0.25) is 4.79 Å². The van der Waals surface area contributed by atoms with E-state index in [1.807, 2.05) is 6.07 Å². The first kappa shape index (κ1) is 12.0. The first-order chi connectivity index (χ1) is 8.66. The van der Waals surface area contributed by atoms with Gasteiger partial charge in [0.05, 0.1) is 12.2 Å². The van der Waals surface area contributed by atoms with Crippen molar-refractivity contribution in [3.05, 3.63) is 28.3 Å². The molecule has 0 amide bonds. The highest BCUT2D eigenvalue weighted by molar-refractivity contribution is 6.31. The van der Waals surface area contributed by atoms with Crippen molar-refractivity contribution in [2.75, 3.05) is 6.61 Å². The fourth-order valence-electron chi connectivity index (χ4n) is 3.19. The van der Waals surface area contributed by atoms with E-state index in [2.05, 4.69) is 6.92 Å². The van der Waals surface area contributed by atoms with Crippen molar-refractivity contribution in [3.8, 4) is 5.75 Å². The summed E-state index contributed by atoms with van der Waals surface area (Å²) >= 11 is 6.11. The molecule has 1 aromatic carbocycles. The smallest absolute Gasteiger partial charge is 0.169 e. The molecule has 1 aliphatic carbocycles. The number of rotatable bonds is 2. The van der Waals surface area contributed by atoms with Gasteiger partial charge in [0, 0.05) is 17.4 Å². The number of carbonyl (C=O) groups is 1. The van der Waals surface area contributed by atoms with E-state index in [0.717, 1.165) is 37.0 Å². The van der Waals surface area contributed by atoms with Crippen molar-refractivity contribution in [2.24, 2.45) is 11.8 Å². The molecule has 18 heavy (non-hydrogen) atoms. The van der Waals surface area contributed by atoms with Crippen molar-refractivity contribution < 1.29 is 9.53 Å². The predicted octanol–water partition coefficient (Wildman–Crippen LogP) is 3.89. The number of hydrogen-bond acceptors (Lipinski definition) is 2. The summed E-state index contributed by atoms with van der Waals surface area (Å²) in [5, 5.41) is 0.647. The van der Waals surface area contributed by atoms with Crippen molar-refractivity contribution in [1.29, 1.82) is 0 Å². The third-order valence-corrected chi connectivity index (χ3v) is 4.43. The van der Waals surface area contributed by atoms with E-state index in [0.29, 0.717) is 23.1 Å². The molecule has 1 aliphatic heterocycles. The summed E-state index contributed by atoms with van der Waals surface area (Å²) in [6.45, 7) is 2.83.